The first kappa shape index (κ1) is 17.2. The Morgan fingerprint density at radius 1 is 1.08 bits per heavy atom. The Bertz CT molecular complexity index is 896. The first-order chi connectivity index (χ1) is 11.3. The molecule has 1 aliphatic carbocycles. The number of halogens is 2. The summed E-state index contributed by atoms with van der Waals surface area (Å²) in [5, 5.41) is 3.40. The molecule has 0 unspecified atom stereocenters. The Morgan fingerprint density at radius 2 is 1.83 bits per heavy atom. The van der Waals surface area contributed by atoms with Crippen molar-refractivity contribution in [1.82, 2.24) is 4.72 Å². The van der Waals surface area contributed by atoms with Crippen LogP contribution in [0.1, 0.15) is 23.2 Å². The minimum Gasteiger partial charge on any atom is -0.321 e. The zero-order valence-corrected chi connectivity index (χ0v) is 14.8. The maximum Gasteiger partial charge on any atom is 0.255 e. The summed E-state index contributed by atoms with van der Waals surface area (Å²) in [4.78, 5) is 12.4. The number of hydrogen-bond donors (Lipinski definition) is 2. The molecule has 1 fully saturated rings. The normalized spacial score (nSPS) is 14.4. The standard InChI is InChI=1S/C16H14Cl2N2O3S/c17-11-4-7-14(18)15(9-11)19-16(21)10-2-1-3-13(8-10)24(22,23)20-12-5-6-12/h1-4,7-9,12,20H,5-6H2,(H,19,21). The molecule has 1 aliphatic rings. The predicted octanol–water partition coefficient (Wildman–Crippen LogP) is 3.69. The molecule has 2 N–H and O–H groups in total. The maximum atomic E-state index is 12.4. The Kier molecular flexibility index (Phi) is 4.83. The zero-order chi connectivity index (χ0) is 17.3. The van der Waals surface area contributed by atoms with Gasteiger partial charge < -0.3 is 5.32 Å². The molecule has 0 radical (unpaired) electrons. The van der Waals surface area contributed by atoms with Gasteiger partial charge in [-0.3, -0.25) is 4.79 Å². The van der Waals surface area contributed by atoms with E-state index in [1.807, 2.05) is 0 Å². The van der Waals surface area contributed by atoms with Crippen LogP contribution in [0.5, 0.6) is 0 Å². The number of anilines is 1. The molecule has 0 aromatic heterocycles. The average Bonchev–Trinajstić information content (AvgIpc) is 3.34. The van der Waals surface area contributed by atoms with E-state index in [4.69, 9.17) is 23.2 Å². The number of carbonyl (C=O) groups excluding carboxylic acids is 1. The summed E-state index contributed by atoms with van der Waals surface area (Å²) in [5.41, 5.74) is 0.572. The van der Waals surface area contributed by atoms with Crippen LogP contribution >= 0.6 is 23.2 Å². The molecule has 0 spiro atoms. The molecule has 0 aliphatic heterocycles. The van der Waals surface area contributed by atoms with Gasteiger partial charge in [0, 0.05) is 16.6 Å². The van der Waals surface area contributed by atoms with E-state index in [0.717, 1.165) is 12.8 Å². The van der Waals surface area contributed by atoms with Gasteiger partial charge in [-0.1, -0.05) is 29.3 Å². The lowest BCUT2D eigenvalue weighted by molar-refractivity contribution is 0.102. The lowest BCUT2D eigenvalue weighted by Gasteiger charge is -2.10. The average molecular weight is 385 g/mol. The highest BCUT2D eigenvalue weighted by Gasteiger charge is 2.28. The van der Waals surface area contributed by atoms with Gasteiger partial charge in [0.05, 0.1) is 15.6 Å². The highest BCUT2D eigenvalue weighted by Crippen LogP contribution is 2.26. The Morgan fingerprint density at radius 3 is 2.54 bits per heavy atom. The molecule has 0 atom stereocenters. The number of hydrogen-bond acceptors (Lipinski definition) is 3. The molecule has 1 amide bonds. The summed E-state index contributed by atoms with van der Waals surface area (Å²) in [5.74, 6) is -0.470. The first-order valence-electron chi connectivity index (χ1n) is 7.24. The predicted molar refractivity (Wildman–Crippen MR) is 94.2 cm³/mol. The number of nitrogens with one attached hydrogen (secondary N) is 2. The van der Waals surface area contributed by atoms with E-state index in [1.54, 1.807) is 12.1 Å². The Balaban J connectivity index is 1.82. The lowest BCUT2D eigenvalue weighted by atomic mass is 10.2. The van der Waals surface area contributed by atoms with Gasteiger partial charge >= 0.3 is 0 Å². The van der Waals surface area contributed by atoms with Gasteiger partial charge in [-0.2, -0.15) is 0 Å². The largest absolute Gasteiger partial charge is 0.321 e. The third kappa shape index (κ3) is 4.08. The van der Waals surface area contributed by atoms with Crippen molar-refractivity contribution in [3.63, 3.8) is 0 Å². The monoisotopic (exact) mass is 384 g/mol. The summed E-state index contributed by atoms with van der Waals surface area (Å²) in [7, 11) is -3.62. The van der Waals surface area contributed by atoms with Crippen LogP contribution in [0.15, 0.2) is 47.4 Å². The smallest absolute Gasteiger partial charge is 0.255 e. The lowest BCUT2D eigenvalue weighted by Crippen LogP contribution is -2.26. The fourth-order valence-corrected chi connectivity index (χ4v) is 3.77. The number of carbonyl (C=O) groups is 1. The molecule has 0 heterocycles. The number of rotatable bonds is 5. The molecule has 8 heteroatoms. The fraction of sp³-hybridized carbons (Fsp3) is 0.188. The van der Waals surface area contributed by atoms with Crippen molar-refractivity contribution in [2.45, 2.75) is 23.8 Å². The van der Waals surface area contributed by atoms with Crippen LogP contribution in [-0.4, -0.2) is 20.4 Å². The highest BCUT2D eigenvalue weighted by atomic mass is 35.5. The molecular formula is C16H14Cl2N2O3S. The Labute approximate surface area is 150 Å². The van der Waals surface area contributed by atoms with Gasteiger partial charge in [0.25, 0.3) is 5.91 Å². The molecule has 0 saturated heterocycles. The SMILES string of the molecule is O=C(Nc1cc(Cl)ccc1Cl)c1cccc(S(=O)(=O)NC2CC2)c1. The molecule has 0 bridgehead atoms. The molecular weight excluding hydrogens is 371 g/mol. The van der Waals surface area contributed by atoms with Crippen LogP contribution in [0.4, 0.5) is 5.69 Å². The van der Waals surface area contributed by atoms with Crippen molar-refractivity contribution in [3.05, 3.63) is 58.1 Å². The van der Waals surface area contributed by atoms with Crippen molar-refractivity contribution in [3.8, 4) is 0 Å². The Hall–Kier alpha value is -1.60. The third-order valence-electron chi connectivity index (χ3n) is 3.48. The van der Waals surface area contributed by atoms with Crippen LogP contribution in [0.2, 0.25) is 10.0 Å². The van der Waals surface area contributed by atoms with E-state index in [-0.39, 0.29) is 16.5 Å². The van der Waals surface area contributed by atoms with E-state index < -0.39 is 15.9 Å². The molecule has 126 valence electrons. The molecule has 3 rings (SSSR count). The maximum absolute atomic E-state index is 12.4. The van der Waals surface area contributed by atoms with Gasteiger partial charge in [0.15, 0.2) is 0 Å². The van der Waals surface area contributed by atoms with Gasteiger partial charge in [0.2, 0.25) is 10.0 Å². The second-order valence-electron chi connectivity index (χ2n) is 5.50. The molecule has 1 saturated carbocycles. The zero-order valence-electron chi connectivity index (χ0n) is 12.4. The number of benzene rings is 2. The van der Waals surface area contributed by atoms with E-state index in [9.17, 15) is 13.2 Å². The molecule has 2 aromatic carbocycles. The van der Waals surface area contributed by atoms with Crippen LogP contribution in [0.25, 0.3) is 0 Å². The van der Waals surface area contributed by atoms with Crippen LogP contribution < -0.4 is 10.0 Å². The van der Waals surface area contributed by atoms with Crippen LogP contribution in [0.3, 0.4) is 0 Å². The van der Waals surface area contributed by atoms with Crippen molar-refractivity contribution >= 4 is 44.8 Å². The van der Waals surface area contributed by atoms with E-state index >= 15 is 0 Å². The van der Waals surface area contributed by atoms with Crippen molar-refractivity contribution in [2.75, 3.05) is 5.32 Å². The number of amides is 1. The second kappa shape index (κ2) is 6.72. The number of sulfonamides is 1. The summed E-state index contributed by atoms with van der Waals surface area (Å²) in [6, 6.07) is 10.5. The molecule has 5 nitrogen and oxygen atoms in total. The van der Waals surface area contributed by atoms with Gasteiger partial charge in [-0.05, 0) is 49.2 Å². The minimum absolute atomic E-state index is 0.00208. The molecule has 24 heavy (non-hydrogen) atoms. The van der Waals surface area contributed by atoms with E-state index in [0.29, 0.717) is 15.7 Å². The topological polar surface area (TPSA) is 75.3 Å². The fourth-order valence-electron chi connectivity index (χ4n) is 2.08. The first-order valence-corrected chi connectivity index (χ1v) is 9.48. The van der Waals surface area contributed by atoms with Gasteiger partial charge in [0.1, 0.15) is 0 Å². The second-order valence-corrected chi connectivity index (χ2v) is 8.06. The summed E-state index contributed by atoms with van der Waals surface area (Å²) in [6.07, 6.45) is 1.68. The molecule has 2 aromatic rings. The van der Waals surface area contributed by atoms with Gasteiger partial charge in [-0.25, -0.2) is 13.1 Å². The summed E-state index contributed by atoms with van der Waals surface area (Å²) in [6.45, 7) is 0. The quantitative estimate of drug-likeness (QED) is 0.825. The van der Waals surface area contributed by atoms with Crippen molar-refractivity contribution in [1.29, 1.82) is 0 Å². The van der Waals surface area contributed by atoms with Crippen molar-refractivity contribution in [2.24, 2.45) is 0 Å². The third-order valence-corrected chi connectivity index (χ3v) is 5.57. The van der Waals surface area contributed by atoms with Gasteiger partial charge in [-0.15, -0.1) is 0 Å². The van der Waals surface area contributed by atoms with E-state index in [1.165, 1.54) is 30.3 Å². The summed E-state index contributed by atoms with van der Waals surface area (Å²) < 4.78 is 27.0. The minimum atomic E-state index is -3.62. The summed E-state index contributed by atoms with van der Waals surface area (Å²) >= 11 is 11.9. The van der Waals surface area contributed by atoms with Crippen LogP contribution in [0, 0.1) is 0 Å². The van der Waals surface area contributed by atoms with Crippen LogP contribution in [-0.2, 0) is 10.0 Å². The van der Waals surface area contributed by atoms with Crippen molar-refractivity contribution < 1.29 is 13.2 Å². The highest BCUT2D eigenvalue weighted by molar-refractivity contribution is 7.89. The van der Waals surface area contributed by atoms with E-state index in [2.05, 4.69) is 10.0 Å².